The molecule has 2 unspecified atom stereocenters. The van der Waals surface area contributed by atoms with Gasteiger partial charge in [0.2, 0.25) is 23.3 Å². The molecule has 0 aliphatic carbocycles. The Morgan fingerprint density at radius 1 is 0.633 bits per heavy atom. The summed E-state index contributed by atoms with van der Waals surface area (Å²) < 4.78 is 13.4. The van der Waals surface area contributed by atoms with E-state index in [0.717, 1.165) is 83.7 Å². The molecule has 0 aromatic heterocycles. The average molecular weight is 810 g/mol. The van der Waals surface area contributed by atoms with Crippen molar-refractivity contribution in [2.24, 2.45) is 0 Å². The molecular weight excluding hydrogens is 755 g/mol. The van der Waals surface area contributed by atoms with Gasteiger partial charge in [0.05, 0.1) is 15.8 Å². The first kappa shape index (κ1) is 40.7. The van der Waals surface area contributed by atoms with Gasteiger partial charge in [0, 0.05) is 72.9 Å². The SMILES string of the molecule is Cc1ccc2c(c1)C=CC1(O2)N(C)c2ccc(NC(=O)CCCCCCCCC(=O)Nc3ccc4c(c3)C(C)(C)C3(C=Cc5cc([N+](=O)[O-])ccc5O3)N4C)cc2C1(C)C. The van der Waals surface area contributed by atoms with Crippen LogP contribution in [0.5, 0.6) is 11.5 Å². The number of unbranched alkanes of at least 4 members (excludes halogenated alkanes) is 5. The number of ether oxygens (including phenoxy) is 2. The molecule has 0 bridgehead atoms. The molecule has 0 saturated heterocycles. The summed E-state index contributed by atoms with van der Waals surface area (Å²) in [6.07, 6.45) is 14.6. The Balaban J connectivity index is 0.763. The van der Waals surface area contributed by atoms with Crippen molar-refractivity contribution >= 4 is 52.4 Å². The van der Waals surface area contributed by atoms with Gasteiger partial charge in [-0.05, 0) is 137 Å². The fourth-order valence-corrected chi connectivity index (χ4v) is 9.73. The third-order valence-electron chi connectivity index (χ3n) is 13.4. The minimum absolute atomic E-state index is 0.0155. The second-order valence-electron chi connectivity index (χ2n) is 17.8. The van der Waals surface area contributed by atoms with Crippen LogP contribution in [0.2, 0.25) is 0 Å². The summed E-state index contributed by atoms with van der Waals surface area (Å²) in [7, 11) is 4.05. The molecule has 0 saturated carbocycles. The highest BCUT2D eigenvalue weighted by Gasteiger charge is 2.59. The van der Waals surface area contributed by atoms with Crippen LogP contribution >= 0.6 is 0 Å². The lowest BCUT2D eigenvalue weighted by molar-refractivity contribution is -0.384. The van der Waals surface area contributed by atoms with Crippen LogP contribution in [-0.2, 0) is 20.4 Å². The van der Waals surface area contributed by atoms with E-state index in [1.165, 1.54) is 17.7 Å². The smallest absolute Gasteiger partial charge is 0.270 e. The number of aryl methyl sites for hydroxylation is 1. The van der Waals surface area contributed by atoms with Crippen LogP contribution in [0.3, 0.4) is 0 Å². The zero-order chi connectivity index (χ0) is 42.6. The van der Waals surface area contributed by atoms with Crippen LogP contribution in [-0.4, -0.2) is 42.3 Å². The number of anilines is 4. The third kappa shape index (κ3) is 6.77. The largest absolute Gasteiger partial charge is 0.463 e. The number of carbonyl (C=O) groups excluding carboxylic acids is 2. The Morgan fingerprint density at radius 3 is 1.57 bits per heavy atom. The highest BCUT2D eigenvalue weighted by molar-refractivity contribution is 5.92. The number of hydrogen-bond acceptors (Lipinski definition) is 8. The molecule has 2 atom stereocenters. The summed E-state index contributed by atoms with van der Waals surface area (Å²) in [5.41, 5.74) is 6.34. The lowest BCUT2D eigenvalue weighted by Gasteiger charge is -2.45. The number of fused-ring (bicyclic) bond motifs is 4. The van der Waals surface area contributed by atoms with Gasteiger partial charge in [-0.1, -0.05) is 37.3 Å². The van der Waals surface area contributed by atoms with E-state index in [1.807, 2.05) is 49.5 Å². The second kappa shape index (κ2) is 15.2. The number of carbonyl (C=O) groups is 2. The van der Waals surface area contributed by atoms with Crippen molar-refractivity contribution in [1.29, 1.82) is 0 Å². The second-order valence-corrected chi connectivity index (χ2v) is 17.8. The Hall–Kier alpha value is -6.10. The third-order valence-corrected chi connectivity index (χ3v) is 13.4. The lowest BCUT2D eigenvalue weighted by atomic mass is 9.76. The zero-order valence-electron chi connectivity index (χ0n) is 35.7. The van der Waals surface area contributed by atoms with E-state index in [2.05, 4.69) is 98.5 Å². The standard InChI is InChI=1S/C49H55N5O6/c1-32-16-22-42-33(28-32)24-26-48(59-42)46(2,3)38-30-35(17-20-40(38)52(48)6)50-44(55)14-12-10-8-9-11-13-15-45(56)51-36-18-21-41-39(31-36)47(4,5)49(53(41)7)27-25-34-29-37(54(57)58)19-23-43(34)60-49/h16-31H,8-15H2,1-7H3,(H,50,55)(H,51,56). The van der Waals surface area contributed by atoms with E-state index < -0.39 is 21.8 Å². The highest BCUT2D eigenvalue weighted by Crippen LogP contribution is 2.56. The summed E-state index contributed by atoms with van der Waals surface area (Å²) >= 11 is 0. The normalized spacial score (nSPS) is 20.9. The minimum Gasteiger partial charge on any atom is -0.463 e. The van der Waals surface area contributed by atoms with Gasteiger partial charge < -0.3 is 29.9 Å². The number of amides is 2. The molecule has 4 aliphatic heterocycles. The molecule has 0 radical (unpaired) electrons. The topological polar surface area (TPSA) is 126 Å². The van der Waals surface area contributed by atoms with E-state index >= 15 is 0 Å². The summed E-state index contributed by atoms with van der Waals surface area (Å²) in [5.74, 6) is 1.45. The van der Waals surface area contributed by atoms with E-state index in [-0.39, 0.29) is 22.9 Å². The van der Waals surface area contributed by atoms with E-state index in [9.17, 15) is 19.7 Å². The van der Waals surface area contributed by atoms with Gasteiger partial charge in [-0.25, -0.2) is 0 Å². The Bertz CT molecular complexity index is 2450. The van der Waals surface area contributed by atoms with Gasteiger partial charge in [-0.15, -0.1) is 0 Å². The van der Waals surface area contributed by atoms with Crippen LogP contribution < -0.4 is 29.9 Å². The van der Waals surface area contributed by atoms with Gasteiger partial charge in [-0.2, -0.15) is 0 Å². The number of nitrogens with one attached hydrogen (secondary N) is 2. The number of likely N-dealkylation sites (N-methyl/N-ethyl adjacent to an activating group) is 2. The zero-order valence-corrected chi connectivity index (χ0v) is 35.7. The fraction of sp³-hybridized carbons (Fsp3) is 0.388. The molecule has 0 fully saturated rings. The maximum absolute atomic E-state index is 13.0. The molecular formula is C49H55N5O6. The maximum Gasteiger partial charge on any atom is 0.270 e. The predicted octanol–water partition coefficient (Wildman–Crippen LogP) is 10.7. The van der Waals surface area contributed by atoms with Gasteiger partial charge in [-0.3, -0.25) is 19.7 Å². The lowest BCUT2D eigenvalue weighted by Crippen LogP contribution is -2.58. The van der Waals surface area contributed by atoms with Crippen molar-refractivity contribution < 1.29 is 24.0 Å². The first-order valence-corrected chi connectivity index (χ1v) is 21.1. The molecule has 11 nitrogen and oxygen atoms in total. The van der Waals surface area contributed by atoms with E-state index in [1.54, 1.807) is 6.07 Å². The first-order valence-electron chi connectivity index (χ1n) is 21.1. The molecule has 4 aliphatic rings. The molecule has 11 heteroatoms. The number of nitro benzene ring substituents is 1. The number of benzene rings is 4. The quantitative estimate of drug-likeness (QED) is 0.0823. The monoisotopic (exact) mass is 809 g/mol. The first-order chi connectivity index (χ1) is 28.6. The number of hydrogen-bond donors (Lipinski definition) is 2. The van der Waals surface area contributed by atoms with Crippen molar-refractivity contribution in [1.82, 2.24) is 0 Å². The molecule has 312 valence electrons. The molecule has 8 rings (SSSR count). The van der Waals surface area contributed by atoms with E-state index in [4.69, 9.17) is 9.47 Å². The number of nitro groups is 1. The molecule has 2 spiro atoms. The van der Waals surface area contributed by atoms with Gasteiger partial charge in [0.15, 0.2) is 0 Å². The number of rotatable bonds is 12. The van der Waals surface area contributed by atoms with Gasteiger partial charge in [0.1, 0.15) is 11.5 Å². The molecule has 4 heterocycles. The van der Waals surface area contributed by atoms with Crippen LogP contribution in [0.4, 0.5) is 28.4 Å². The average Bonchev–Trinajstić information content (AvgIpc) is 3.47. The van der Waals surface area contributed by atoms with Crippen LogP contribution in [0.15, 0.2) is 84.9 Å². The summed E-state index contributed by atoms with van der Waals surface area (Å²) in [6.45, 7) is 10.7. The number of nitrogens with zero attached hydrogens (tertiary/aromatic N) is 3. The van der Waals surface area contributed by atoms with Crippen LogP contribution in [0.25, 0.3) is 12.2 Å². The van der Waals surface area contributed by atoms with Crippen molar-refractivity contribution in [3.05, 3.63) is 123 Å². The van der Waals surface area contributed by atoms with Crippen molar-refractivity contribution in [2.45, 2.75) is 108 Å². The predicted molar refractivity (Wildman–Crippen MR) is 239 cm³/mol. The Morgan fingerprint density at radius 2 is 1.08 bits per heavy atom. The van der Waals surface area contributed by atoms with Crippen molar-refractivity contribution in [3.63, 3.8) is 0 Å². The Labute approximate surface area is 352 Å². The molecule has 2 N–H and O–H groups in total. The Kier molecular flexibility index (Phi) is 10.3. The summed E-state index contributed by atoms with van der Waals surface area (Å²) in [4.78, 5) is 41.2. The number of non-ortho nitro benzene ring substituents is 1. The molecule has 60 heavy (non-hydrogen) atoms. The summed E-state index contributed by atoms with van der Waals surface area (Å²) in [5, 5.41) is 17.5. The van der Waals surface area contributed by atoms with Crippen LogP contribution in [0, 0.1) is 17.0 Å². The molecule has 2 amide bonds. The summed E-state index contributed by atoms with van der Waals surface area (Å²) in [6, 6.07) is 23.0. The fourth-order valence-electron chi connectivity index (χ4n) is 9.73. The van der Waals surface area contributed by atoms with Gasteiger partial charge >= 0.3 is 0 Å². The minimum atomic E-state index is -0.844. The van der Waals surface area contributed by atoms with Crippen molar-refractivity contribution in [3.8, 4) is 11.5 Å². The van der Waals surface area contributed by atoms with E-state index in [0.29, 0.717) is 24.2 Å². The van der Waals surface area contributed by atoms with Gasteiger partial charge in [0.25, 0.3) is 5.69 Å². The van der Waals surface area contributed by atoms with Crippen LogP contribution in [0.1, 0.15) is 107 Å². The van der Waals surface area contributed by atoms with Crippen molar-refractivity contribution in [2.75, 3.05) is 34.5 Å². The molecule has 4 aromatic carbocycles. The maximum atomic E-state index is 13.0. The molecule has 4 aromatic rings. The highest BCUT2D eigenvalue weighted by atomic mass is 16.6.